The first-order chi connectivity index (χ1) is 7.65. The molecule has 1 aromatic heterocycles. The van der Waals surface area contributed by atoms with Gasteiger partial charge in [0.25, 0.3) is 0 Å². The molecule has 6 nitrogen and oxygen atoms in total. The first kappa shape index (κ1) is 12.1. The largest absolute Gasteiger partial charge is 0.505 e. The summed E-state index contributed by atoms with van der Waals surface area (Å²) < 4.78 is 4.74. The summed E-state index contributed by atoms with van der Waals surface area (Å²) in [4.78, 5) is 25.8. The van der Waals surface area contributed by atoms with Crippen LogP contribution in [0.3, 0.4) is 0 Å². The van der Waals surface area contributed by atoms with E-state index in [1.165, 1.54) is 18.3 Å². The highest BCUT2D eigenvalue weighted by molar-refractivity contribution is 5.90. The first-order valence-electron chi connectivity index (χ1n) is 4.68. The van der Waals surface area contributed by atoms with Crippen molar-refractivity contribution in [3.05, 3.63) is 24.0 Å². The van der Waals surface area contributed by atoms with Gasteiger partial charge in [0.05, 0.1) is 13.2 Å². The molecule has 86 valence electrons. The Morgan fingerprint density at radius 3 is 2.88 bits per heavy atom. The molecular weight excluding hydrogens is 212 g/mol. The van der Waals surface area contributed by atoms with Crippen LogP contribution >= 0.6 is 0 Å². The fraction of sp³-hybridized carbons (Fsp3) is 0.300. The maximum atomic E-state index is 11.3. The predicted molar refractivity (Wildman–Crippen MR) is 54.9 cm³/mol. The minimum Gasteiger partial charge on any atom is -0.505 e. The molecule has 0 aromatic carbocycles. The van der Waals surface area contributed by atoms with Gasteiger partial charge in [-0.3, -0.25) is 4.79 Å². The number of hydrogen-bond donors (Lipinski definition) is 2. The Morgan fingerprint density at radius 2 is 2.25 bits per heavy atom. The van der Waals surface area contributed by atoms with Crippen molar-refractivity contribution >= 4 is 11.8 Å². The topological polar surface area (TPSA) is 103 Å². The van der Waals surface area contributed by atoms with E-state index in [2.05, 4.69) is 4.98 Å². The van der Waals surface area contributed by atoms with Gasteiger partial charge in [-0.25, -0.2) is 9.78 Å². The molecule has 0 saturated carbocycles. The number of esters is 1. The summed E-state index contributed by atoms with van der Waals surface area (Å²) in [7, 11) is 0. The molecule has 1 rings (SSSR count). The second-order valence-electron chi connectivity index (χ2n) is 3.00. The summed E-state index contributed by atoms with van der Waals surface area (Å²) in [5.74, 6) is -1.21. The fourth-order valence-corrected chi connectivity index (χ4v) is 0.982. The van der Waals surface area contributed by atoms with Crippen molar-refractivity contribution in [2.75, 3.05) is 13.2 Å². The highest BCUT2D eigenvalue weighted by atomic mass is 16.5. The van der Waals surface area contributed by atoms with Crippen molar-refractivity contribution in [3.63, 3.8) is 0 Å². The van der Waals surface area contributed by atoms with E-state index >= 15 is 0 Å². The van der Waals surface area contributed by atoms with Gasteiger partial charge in [-0.2, -0.15) is 0 Å². The minimum atomic E-state index is -0.761. The molecule has 1 heterocycles. The number of carbonyl (C=O) groups excluding carboxylic acids is 2. The van der Waals surface area contributed by atoms with Gasteiger partial charge >= 0.3 is 5.97 Å². The molecular formula is C10H12N2O4. The normalized spacial score (nSPS) is 9.81. The van der Waals surface area contributed by atoms with E-state index in [9.17, 15) is 14.7 Å². The lowest BCUT2D eigenvalue weighted by Crippen LogP contribution is -2.17. The first-order valence-corrected chi connectivity index (χ1v) is 4.68. The van der Waals surface area contributed by atoms with Gasteiger partial charge in [-0.05, 0) is 12.1 Å². The quantitative estimate of drug-likeness (QED) is 0.675. The molecule has 0 aliphatic carbocycles. The van der Waals surface area contributed by atoms with Crippen molar-refractivity contribution in [3.8, 4) is 5.75 Å². The summed E-state index contributed by atoms with van der Waals surface area (Å²) in [5, 5.41) is 9.29. The number of ketones is 1. The Labute approximate surface area is 92.0 Å². The Balaban J connectivity index is 2.47. The molecule has 0 aliphatic heterocycles. The van der Waals surface area contributed by atoms with Crippen molar-refractivity contribution in [2.24, 2.45) is 5.73 Å². The van der Waals surface area contributed by atoms with E-state index in [0.717, 1.165) is 0 Å². The molecule has 16 heavy (non-hydrogen) atoms. The van der Waals surface area contributed by atoms with Crippen LogP contribution < -0.4 is 5.73 Å². The van der Waals surface area contributed by atoms with Gasteiger partial charge in [-0.1, -0.05) is 0 Å². The Hall–Kier alpha value is -1.95. The second-order valence-corrected chi connectivity index (χ2v) is 3.00. The van der Waals surface area contributed by atoms with Crippen LogP contribution in [0.2, 0.25) is 0 Å². The molecule has 0 radical (unpaired) electrons. The molecule has 0 saturated heterocycles. The third kappa shape index (κ3) is 3.32. The smallest absolute Gasteiger partial charge is 0.360 e. The van der Waals surface area contributed by atoms with Crippen molar-refractivity contribution in [1.29, 1.82) is 0 Å². The molecule has 6 heteroatoms. The van der Waals surface area contributed by atoms with Crippen LogP contribution in [-0.2, 0) is 9.53 Å². The summed E-state index contributed by atoms with van der Waals surface area (Å²) in [6.45, 7) is -0.142. The van der Waals surface area contributed by atoms with Crippen molar-refractivity contribution in [2.45, 2.75) is 6.42 Å². The number of hydrogen-bond acceptors (Lipinski definition) is 6. The van der Waals surface area contributed by atoms with E-state index in [0.29, 0.717) is 0 Å². The number of nitrogens with zero attached hydrogens (tertiary/aromatic N) is 1. The average Bonchev–Trinajstić information content (AvgIpc) is 2.29. The Bertz CT molecular complexity index is 392. The number of rotatable bonds is 5. The Kier molecular flexibility index (Phi) is 4.41. The SMILES string of the molecule is NCC(=O)CCOC(=O)c1ncccc1O. The molecule has 0 aliphatic rings. The predicted octanol–water partition coefficient (Wildman–Crippen LogP) is -0.138. The average molecular weight is 224 g/mol. The van der Waals surface area contributed by atoms with Gasteiger partial charge in [0.1, 0.15) is 11.5 Å². The molecule has 0 atom stereocenters. The highest BCUT2D eigenvalue weighted by Gasteiger charge is 2.13. The second kappa shape index (κ2) is 5.82. The molecule has 0 bridgehead atoms. The summed E-state index contributed by atoms with van der Waals surface area (Å²) in [6, 6.07) is 2.82. The Morgan fingerprint density at radius 1 is 1.50 bits per heavy atom. The van der Waals surface area contributed by atoms with E-state index < -0.39 is 5.97 Å². The summed E-state index contributed by atoms with van der Waals surface area (Å²) in [5.41, 5.74) is 4.92. The van der Waals surface area contributed by atoms with E-state index in [4.69, 9.17) is 10.5 Å². The van der Waals surface area contributed by atoms with Gasteiger partial charge < -0.3 is 15.6 Å². The zero-order chi connectivity index (χ0) is 12.0. The number of nitrogens with two attached hydrogens (primary N) is 1. The van der Waals surface area contributed by atoms with Crippen LogP contribution in [0.15, 0.2) is 18.3 Å². The summed E-state index contributed by atoms with van der Waals surface area (Å²) in [6.07, 6.45) is 1.43. The van der Waals surface area contributed by atoms with Crippen LogP contribution in [0.5, 0.6) is 5.75 Å². The third-order valence-corrected chi connectivity index (χ3v) is 1.82. The lowest BCUT2D eigenvalue weighted by Gasteiger charge is -2.04. The third-order valence-electron chi connectivity index (χ3n) is 1.82. The highest BCUT2D eigenvalue weighted by Crippen LogP contribution is 2.13. The summed E-state index contributed by atoms with van der Waals surface area (Å²) >= 11 is 0. The monoisotopic (exact) mass is 224 g/mol. The molecule has 0 spiro atoms. The maximum absolute atomic E-state index is 11.3. The number of aromatic nitrogens is 1. The number of ether oxygens (including phenoxy) is 1. The van der Waals surface area contributed by atoms with Crippen LogP contribution in [0.25, 0.3) is 0 Å². The van der Waals surface area contributed by atoms with E-state index in [1.54, 1.807) is 0 Å². The van der Waals surface area contributed by atoms with Gasteiger partial charge in [0, 0.05) is 12.6 Å². The minimum absolute atomic E-state index is 0.0646. The zero-order valence-electron chi connectivity index (χ0n) is 8.55. The lowest BCUT2D eigenvalue weighted by molar-refractivity contribution is -0.118. The molecule has 1 aromatic rings. The lowest BCUT2D eigenvalue weighted by atomic mass is 10.3. The zero-order valence-corrected chi connectivity index (χ0v) is 8.55. The number of carbonyl (C=O) groups is 2. The standard InChI is InChI=1S/C10H12N2O4/c11-6-7(13)3-5-16-10(15)9-8(14)2-1-4-12-9/h1-2,4,14H,3,5-6,11H2. The van der Waals surface area contributed by atoms with Gasteiger partial charge in [0.15, 0.2) is 5.69 Å². The van der Waals surface area contributed by atoms with Crippen molar-refractivity contribution in [1.82, 2.24) is 4.98 Å². The number of pyridine rings is 1. The van der Waals surface area contributed by atoms with E-state index in [1.807, 2.05) is 0 Å². The molecule has 0 amide bonds. The van der Waals surface area contributed by atoms with Crippen LogP contribution in [0.4, 0.5) is 0 Å². The number of aromatic hydroxyl groups is 1. The molecule has 0 fully saturated rings. The fourth-order valence-electron chi connectivity index (χ4n) is 0.982. The van der Waals surface area contributed by atoms with E-state index in [-0.39, 0.29) is 36.8 Å². The van der Waals surface area contributed by atoms with Crippen molar-refractivity contribution < 1.29 is 19.4 Å². The van der Waals surface area contributed by atoms with Crippen LogP contribution in [-0.4, -0.2) is 35.0 Å². The van der Waals surface area contributed by atoms with Crippen LogP contribution in [0.1, 0.15) is 16.9 Å². The maximum Gasteiger partial charge on any atom is 0.360 e. The van der Waals surface area contributed by atoms with Gasteiger partial charge in [-0.15, -0.1) is 0 Å². The van der Waals surface area contributed by atoms with Gasteiger partial charge in [0.2, 0.25) is 0 Å². The molecule has 0 unspecified atom stereocenters. The molecule has 3 N–H and O–H groups in total. The van der Waals surface area contributed by atoms with Crippen LogP contribution in [0, 0.1) is 0 Å². The number of Topliss-reactive ketones (excluding diaryl/α,β-unsaturated/α-hetero) is 1.